The Balaban J connectivity index is 2.06. The van der Waals surface area contributed by atoms with Gasteiger partial charge in [-0.15, -0.1) is 0 Å². The van der Waals surface area contributed by atoms with Crippen LogP contribution in [0.4, 0.5) is 5.69 Å². The van der Waals surface area contributed by atoms with Crippen LogP contribution in [0.1, 0.15) is 15.9 Å². The van der Waals surface area contributed by atoms with Gasteiger partial charge in [-0.2, -0.15) is 5.10 Å². The van der Waals surface area contributed by atoms with Crippen LogP contribution >= 0.6 is 56.8 Å². The predicted octanol–water partition coefficient (Wildman–Crippen LogP) is 4.35. The molecule has 0 bridgehead atoms. The van der Waals surface area contributed by atoms with Crippen LogP contribution in [0.3, 0.4) is 0 Å². The molecule has 22 heavy (non-hydrogen) atoms. The molecule has 0 saturated carbocycles. The summed E-state index contributed by atoms with van der Waals surface area (Å²) >= 11 is 10.3. The van der Waals surface area contributed by atoms with E-state index in [1.807, 2.05) is 19.2 Å². The van der Waals surface area contributed by atoms with E-state index in [0.29, 0.717) is 10.6 Å². The molecule has 2 aromatic carbocycles. The summed E-state index contributed by atoms with van der Waals surface area (Å²) in [4.78, 5) is 11.9. The van der Waals surface area contributed by atoms with Gasteiger partial charge in [-0.05, 0) is 87.1 Å². The van der Waals surface area contributed by atoms with Crippen LogP contribution in [0.5, 0.6) is 0 Å². The second-order valence-electron chi connectivity index (χ2n) is 4.32. The molecule has 114 valence electrons. The van der Waals surface area contributed by atoms with Crippen molar-refractivity contribution < 1.29 is 4.79 Å². The Kier molecular flexibility index (Phi) is 6.45. The lowest BCUT2D eigenvalue weighted by molar-refractivity contribution is 0.0955. The predicted molar refractivity (Wildman–Crippen MR) is 108 cm³/mol. The number of benzene rings is 2. The fourth-order valence-corrected chi connectivity index (χ4v) is 4.22. The second kappa shape index (κ2) is 8.11. The third kappa shape index (κ3) is 4.56. The third-order valence-corrected chi connectivity index (χ3v) is 4.75. The molecule has 0 aromatic heterocycles. The van der Waals surface area contributed by atoms with E-state index in [1.165, 1.54) is 0 Å². The van der Waals surface area contributed by atoms with Crippen molar-refractivity contribution in [3.63, 3.8) is 0 Å². The maximum atomic E-state index is 11.9. The van der Waals surface area contributed by atoms with Crippen molar-refractivity contribution in [1.82, 2.24) is 5.43 Å². The van der Waals surface area contributed by atoms with Gasteiger partial charge in [0.05, 0.1) is 11.9 Å². The lowest BCUT2D eigenvalue weighted by Gasteiger charge is -2.07. The maximum absolute atomic E-state index is 11.9. The Hall–Kier alpha value is -0.870. The van der Waals surface area contributed by atoms with Crippen LogP contribution in [0.25, 0.3) is 0 Å². The summed E-state index contributed by atoms with van der Waals surface area (Å²) in [5.74, 6) is -0.274. The molecular formula is C15H12ClI2N3O. The number of carbonyl (C=O) groups is 1. The molecule has 4 nitrogen and oxygen atoms in total. The first-order chi connectivity index (χ1) is 10.5. The highest BCUT2D eigenvalue weighted by Crippen LogP contribution is 2.25. The van der Waals surface area contributed by atoms with Crippen LogP contribution in [0, 0.1) is 7.14 Å². The molecule has 0 heterocycles. The number of hydrazone groups is 1. The summed E-state index contributed by atoms with van der Waals surface area (Å²) in [6.07, 6.45) is 1.62. The zero-order chi connectivity index (χ0) is 16.1. The Morgan fingerprint density at radius 2 is 1.77 bits per heavy atom. The van der Waals surface area contributed by atoms with Gasteiger partial charge >= 0.3 is 0 Å². The standard InChI is InChI=1S/C15H12ClI2N3O/c1-19-14-12(17)6-9(7-13(14)18)8-20-21-15(22)10-2-4-11(16)5-3-10/h2-8,19H,1H3,(H,21,22)/b20-8-. The van der Waals surface area contributed by atoms with Crippen LogP contribution in [0.15, 0.2) is 41.5 Å². The van der Waals surface area contributed by atoms with Crippen molar-refractivity contribution >= 4 is 74.6 Å². The first kappa shape index (κ1) is 17.5. The molecule has 0 aliphatic rings. The van der Waals surface area contributed by atoms with Gasteiger partial charge in [0, 0.05) is 24.8 Å². The molecule has 0 fully saturated rings. The van der Waals surface area contributed by atoms with Crippen molar-refractivity contribution in [3.8, 4) is 0 Å². The SMILES string of the molecule is CNc1c(I)cc(/C=N\NC(=O)c2ccc(Cl)cc2)cc1I. The number of hydrogen-bond acceptors (Lipinski definition) is 3. The largest absolute Gasteiger partial charge is 0.386 e. The van der Waals surface area contributed by atoms with E-state index in [2.05, 4.69) is 61.0 Å². The zero-order valence-corrected chi connectivity index (χ0v) is 16.6. The topological polar surface area (TPSA) is 53.5 Å². The highest BCUT2D eigenvalue weighted by molar-refractivity contribution is 14.1. The number of amides is 1. The number of carbonyl (C=O) groups excluding carboxylic acids is 1. The number of anilines is 1. The second-order valence-corrected chi connectivity index (χ2v) is 7.08. The molecule has 2 aromatic rings. The molecule has 0 aliphatic heterocycles. The summed E-state index contributed by atoms with van der Waals surface area (Å²) in [7, 11) is 1.89. The highest BCUT2D eigenvalue weighted by atomic mass is 127. The summed E-state index contributed by atoms with van der Waals surface area (Å²) in [5.41, 5.74) is 5.02. The molecule has 2 N–H and O–H groups in total. The minimum atomic E-state index is -0.274. The average Bonchev–Trinajstić information content (AvgIpc) is 2.47. The van der Waals surface area contributed by atoms with Crippen LogP contribution in [0.2, 0.25) is 5.02 Å². The minimum absolute atomic E-state index is 0.274. The molecule has 2 rings (SSSR count). The van der Waals surface area contributed by atoms with Crippen molar-refractivity contribution in [3.05, 3.63) is 59.7 Å². The summed E-state index contributed by atoms with van der Waals surface area (Å²) in [5, 5.41) is 7.74. The Labute approximate surface area is 161 Å². The molecule has 0 atom stereocenters. The van der Waals surface area contributed by atoms with Crippen molar-refractivity contribution in [2.45, 2.75) is 0 Å². The summed E-state index contributed by atoms with van der Waals surface area (Å²) < 4.78 is 2.19. The molecule has 7 heteroatoms. The monoisotopic (exact) mass is 539 g/mol. The van der Waals surface area contributed by atoms with Crippen molar-refractivity contribution in [1.29, 1.82) is 0 Å². The van der Waals surface area contributed by atoms with E-state index >= 15 is 0 Å². The van der Waals surface area contributed by atoms with Gasteiger partial charge in [-0.25, -0.2) is 5.43 Å². The van der Waals surface area contributed by atoms with E-state index < -0.39 is 0 Å². The van der Waals surface area contributed by atoms with Gasteiger partial charge in [-0.1, -0.05) is 11.6 Å². The van der Waals surface area contributed by atoms with E-state index in [-0.39, 0.29) is 5.91 Å². The number of nitrogens with zero attached hydrogens (tertiary/aromatic N) is 1. The van der Waals surface area contributed by atoms with Gasteiger partial charge < -0.3 is 5.32 Å². The van der Waals surface area contributed by atoms with E-state index in [4.69, 9.17) is 11.6 Å². The van der Waals surface area contributed by atoms with Gasteiger partial charge in [0.2, 0.25) is 0 Å². The summed E-state index contributed by atoms with van der Waals surface area (Å²) in [6.45, 7) is 0. The Morgan fingerprint density at radius 1 is 1.18 bits per heavy atom. The fraction of sp³-hybridized carbons (Fsp3) is 0.0667. The van der Waals surface area contributed by atoms with Crippen LogP contribution in [-0.2, 0) is 0 Å². The molecule has 0 saturated heterocycles. The first-order valence-corrected chi connectivity index (χ1v) is 8.80. The zero-order valence-electron chi connectivity index (χ0n) is 11.5. The van der Waals surface area contributed by atoms with Gasteiger partial charge in [-0.3, -0.25) is 4.79 Å². The highest BCUT2D eigenvalue weighted by Gasteiger charge is 2.05. The summed E-state index contributed by atoms with van der Waals surface area (Å²) in [6, 6.07) is 10.6. The van der Waals surface area contributed by atoms with Gasteiger partial charge in [0.15, 0.2) is 0 Å². The fourth-order valence-electron chi connectivity index (χ4n) is 1.74. The normalized spacial score (nSPS) is 10.7. The number of nitrogens with one attached hydrogen (secondary N) is 2. The number of hydrogen-bond donors (Lipinski definition) is 2. The molecule has 0 unspecified atom stereocenters. The van der Waals surface area contributed by atoms with Gasteiger partial charge in [0.25, 0.3) is 5.91 Å². The lowest BCUT2D eigenvalue weighted by Crippen LogP contribution is -2.17. The van der Waals surface area contributed by atoms with E-state index in [1.54, 1.807) is 30.5 Å². The third-order valence-electron chi connectivity index (χ3n) is 2.80. The van der Waals surface area contributed by atoms with Crippen LogP contribution < -0.4 is 10.7 Å². The molecule has 1 amide bonds. The Morgan fingerprint density at radius 3 is 2.32 bits per heavy atom. The van der Waals surface area contributed by atoms with Crippen molar-refractivity contribution in [2.24, 2.45) is 5.10 Å². The Bertz CT molecular complexity index is 694. The smallest absolute Gasteiger partial charge is 0.271 e. The lowest BCUT2D eigenvalue weighted by atomic mass is 10.2. The van der Waals surface area contributed by atoms with Crippen LogP contribution in [-0.4, -0.2) is 19.2 Å². The number of rotatable bonds is 4. The maximum Gasteiger partial charge on any atom is 0.271 e. The molecular weight excluding hydrogens is 527 g/mol. The molecule has 0 spiro atoms. The van der Waals surface area contributed by atoms with E-state index in [0.717, 1.165) is 18.4 Å². The molecule has 0 radical (unpaired) electrons. The van der Waals surface area contributed by atoms with E-state index in [9.17, 15) is 4.79 Å². The minimum Gasteiger partial charge on any atom is -0.386 e. The average molecular weight is 540 g/mol. The first-order valence-electron chi connectivity index (χ1n) is 6.27. The quantitative estimate of drug-likeness (QED) is 0.345. The number of halogens is 3. The van der Waals surface area contributed by atoms with Crippen molar-refractivity contribution in [2.75, 3.05) is 12.4 Å². The molecule has 0 aliphatic carbocycles. The van der Waals surface area contributed by atoms with Gasteiger partial charge in [0.1, 0.15) is 0 Å².